The number of nitrogens with two attached hydrogens (primary N) is 1. The van der Waals surface area contributed by atoms with Gasteiger partial charge in [-0.1, -0.05) is 0 Å². The number of amides is 1. The molecule has 2 fully saturated rings. The molecule has 116 valence electrons. The number of carbonyl (C=O) groups excluding carboxylic acids is 1. The third kappa shape index (κ3) is 3.29. The summed E-state index contributed by atoms with van der Waals surface area (Å²) in [6, 6.07) is 1.90. The van der Waals surface area contributed by atoms with Crippen LogP contribution < -0.4 is 5.73 Å². The molecule has 2 N–H and O–H groups in total. The van der Waals surface area contributed by atoms with Crippen molar-refractivity contribution in [1.82, 2.24) is 4.90 Å². The molecule has 0 aliphatic carbocycles. The Balaban J connectivity index is 1.61. The molecular formula is C15H22N2O3S. The van der Waals surface area contributed by atoms with Crippen molar-refractivity contribution < 1.29 is 14.3 Å². The summed E-state index contributed by atoms with van der Waals surface area (Å²) in [6.45, 7) is 6.37. The summed E-state index contributed by atoms with van der Waals surface area (Å²) >= 11 is 1.60. The maximum atomic E-state index is 11.2. The van der Waals surface area contributed by atoms with Crippen LogP contribution in [-0.2, 0) is 16.0 Å². The van der Waals surface area contributed by atoms with Gasteiger partial charge in [-0.05, 0) is 32.4 Å². The molecule has 0 radical (unpaired) electrons. The number of primary amides is 1. The first-order valence-electron chi connectivity index (χ1n) is 7.44. The van der Waals surface area contributed by atoms with E-state index < -0.39 is 5.79 Å². The van der Waals surface area contributed by atoms with Gasteiger partial charge in [0.05, 0.1) is 18.8 Å². The molecular weight excluding hydrogens is 288 g/mol. The van der Waals surface area contributed by atoms with Gasteiger partial charge in [0.15, 0.2) is 5.79 Å². The lowest BCUT2D eigenvalue weighted by molar-refractivity contribution is -0.192. The van der Waals surface area contributed by atoms with Crippen LogP contribution in [0.1, 0.15) is 35.0 Å². The fourth-order valence-corrected chi connectivity index (χ4v) is 4.12. The molecule has 0 aromatic carbocycles. The predicted octanol–water partition coefficient (Wildman–Crippen LogP) is 1.82. The average molecular weight is 310 g/mol. The number of piperidine rings is 1. The minimum Gasteiger partial charge on any atom is -0.366 e. The minimum atomic E-state index is -0.424. The van der Waals surface area contributed by atoms with E-state index in [1.54, 1.807) is 11.3 Å². The highest BCUT2D eigenvalue weighted by Gasteiger charge is 2.41. The first-order valence-corrected chi connectivity index (χ1v) is 8.32. The Hall–Kier alpha value is -0.950. The predicted molar refractivity (Wildman–Crippen MR) is 81.1 cm³/mol. The lowest BCUT2D eigenvalue weighted by atomic mass is 9.90. The topological polar surface area (TPSA) is 64.8 Å². The van der Waals surface area contributed by atoms with Crippen LogP contribution in [0.3, 0.4) is 0 Å². The molecule has 5 nitrogen and oxygen atoms in total. The number of thiophene rings is 1. The molecule has 2 saturated heterocycles. The molecule has 1 aromatic heterocycles. The third-order valence-electron chi connectivity index (χ3n) is 4.43. The molecule has 1 atom stereocenters. The van der Waals surface area contributed by atoms with Crippen molar-refractivity contribution in [3.05, 3.63) is 21.9 Å². The van der Waals surface area contributed by atoms with E-state index in [0.717, 1.165) is 32.5 Å². The molecule has 21 heavy (non-hydrogen) atoms. The number of hydrogen-bond donors (Lipinski definition) is 1. The molecule has 0 bridgehead atoms. The van der Waals surface area contributed by atoms with E-state index >= 15 is 0 Å². The number of nitrogens with zero attached hydrogens (tertiary/aromatic N) is 1. The van der Waals surface area contributed by atoms with E-state index in [0.29, 0.717) is 24.7 Å². The number of carbonyl (C=O) groups is 1. The monoisotopic (exact) mass is 310 g/mol. The highest BCUT2D eigenvalue weighted by atomic mass is 32.1. The van der Waals surface area contributed by atoms with Gasteiger partial charge in [-0.25, -0.2) is 0 Å². The van der Waals surface area contributed by atoms with E-state index in [1.165, 1.54) is 4.88 Å². The second kappa shape index (κ2) is 6.04. The van der Waals surface area contributed by atoms with Crippen molar-refractivity contribution in [2.75, 3.05) is 26.3 Å². The van der Waals surface area contributed by atoms with Gasteiger partial charge in [0.1, 0.15) is 0 Å². The Morgan fingerprint density at radius 3 is 2.95 bits per heavy atom. The summed E-state index contributed by atoms with van der Waals surface area (Å²) in [7, 11) is 0. The first kappa shape index (κ1) is 15.0. The molecule has 2 aliphatic rings. The second-order valence-electron chi connectivity index (χ2n) is 5.95. The highest BCUT2D eigenvalue weighted by Crippen LogP contribution is 2.34. The van der Waals surface area contributed by atoms with Crippen molar-refractivity contribution in [2.24, 2.45) is 11.7 Å². The molecule has 6 heteroatoms. The molecule has 2 aliphatic heterocycles. The van der Waals surface area contributed by atoms with Gasteiger partial charge in [0.25, 0.3) is 0 Å². The van der Waals surface area contributed by atoms with Crippen LogP contribution in [0.5, 0.6) is 0 Å². The van der Waals surface area contributed by atoms with E-state index in [9.17, 15) is 4.79 Å². The second-order valence-corrected chi connectivity index (χ2v) is 6.95. The normalized spacial score (nSPS) is 26.0. The molecule has 1 amide bonds. The van der Waals surface area contributed by atoms with Crippen LogP contribution in [0.25, 0.3) is 0 Å². The van der Waals surface area contributed by atoms with Crippen LogP contribution in [0.15, 0.2) is 11.4 Å². The molecule has 3 rings (SSSR count). The Bertz CT molecular complexity index is 511. The lowest BCUT2D eigenvalue weighted by Gasteiger charge is -2.39. The van der Waals surface area contributed by atoms with Crippen molar-refractivity contribution in [3.8, 4) is 0 Å². The van der Waals surface area contributed by atoms with E-state index in [4.69, 9.17) is 15.2 Å². The van der Waals surface area contributed by atoms with Crippen LogP contribution in [0, 0.1) is 5.92 Å². The molecule has 3 heterocycles. The van der Waals surface area contributed by atoms with Gasteiger partial charge < -0.3 is 15.2 Å². The van der Waals surface area contributed by atoms with Crippen LogP contribution in [0.4, 0.5) is 0 Å². The summed E-state index contributed by atoms with van der Waals surface area (Å²) in [5.74, 6) is -0.370. The maximum Gasteiger partial charge on any atom is 0.249 e. The van der Waals surface area contributed by atoms with Gasteiger partial charge >= 0.3 is 0 Å². The minimum absolute atomic E-state index is 0.353. The Labute approximate surface area is 129 Å². The van der Waals surface area contributed by atoms with Crippen LogP contribution in [0.2, 0.25) is 0 Å². The fraction of sp³-hybridized carbons (Fsp3) is 0.667. The largest absolute Gasteiger partial charge is 0.366 e. The maximum absolute atomic E-state index is 11.2. The number of hydrogen-bond acceptors (Lipinski definition) is 5. The quantitative estimate of drug-likeness (QED) is 0.921. The number of ether oxygens (including phenoxy) is 2. The van der Waals surface area contributed by atoms with Crippen molar-refractivity contribution in [3.63, 3.8) is 0 Å². The molecule has 0 saturated carbocycles. The van der Waals surface area contributed by atoms with Gasteiger partial charge in [0, 0.05) is 29.3 Å². The summed E-state index contributed by atoms with van der Waals surface area (Å²) < 4.78 is 11.6. The van der Waals surface area contributed by atoms with Crippen molar-refractivity contribution in [2.45, 2.75) is 32.1 Å². The van der Waals surface area contributed by atoms with E-state index in [-0.39, 0.29) is 5.91 Å². The summed E-state index contributed by atoms with van der Waals surface area (Å²) in [5.41, 5.74) is 5.91. The summed E-state index contributed by atoms with van der Waals surface area (Å²) in [6.07, 6.45) is 2.30. The SMILES string of the molecule is CC1([C@H]2CCCN(Cc3cc(C(N)=O)cs3)C2)OCCO1. The third-order valence-corrected chi connectivity index (χ3v) is 5.35. The van der Waals surface area contributed by atoms with Gasteiger partial charge in [0.2, 0.25) is 5.91 Å². The zero-order valence-electron chi connectivity index (χ0n) is 12.3. The first-order chi connectivity index (χ1) is 10.1. The number of rotatable bonds is 4. The zero-order valence-corrected chi connectivity index (χ0v) is 13.2. The smallest absolute Gasteiger partial charge is 0.249 e. The molecule has 1 aromatic rings. The van der Waals surface area contributed by atoms with Crippen molar-refractivity contribution >= 4 is 17.2 Å². The average Bonchev–Trinajstić information content (AvgIpc) is 3.09. The van der Waals surface area contributed by atoms with E-state index in [2.05, 4.69) is 11.8 Å². The van der Waals surface area contributed by atoms with E-state index in [1.807, 2.05) is 11.4 Å². The van der Waals surface area contributed by atoms with Crippen molar-refractivity contribution in [1.29, 1.82) is 0 Å². The zero-order chi connectivity index (χ0) is 14.9. The van der Waals surface area contributed by atoms with Crippen LogP contribution in [-0.4, -0.2) is 42.9 Å². The number of likely N-dealkylation sites (tertiary alicyclic amines) is 1. The Morgan fingerprint density at radius 2 is 2.29 bits per heavy atom. The Morgan fingerprint density at radius 1 is 1.52 bits per heavy atom. The summed E-state index contributed by atoms with van der Waals surface area (Å²) in [5, 5.41) is 1.84. The van der Waals surface area contributed by atoms with Gasteiger partial charge in [-0.15, -0.1) is 11.3 Å². The summed E-state index contributed by atoms with van der Waals surface area (Å²) in [4.78, 5) is 14.8. The highest BCUT2D eigenvalue weighted by molar-refractivity contribution is 7.10. The standard InChI is InChI=1S/C15H22N2O3S/c1-15(19-5-6-20-15)12-3-2-4-17(8-12)9-13-7-11(10-21-13)14(16)18/h7,10,12H,2-6,8-9H2,1H3,(H2,16,18)/t12-/m0/s1. The fourth-order valence-electron chi connectivity index (χ4n) is 3.21. The molecule has 0 unspecified atom stereocenters. The Kier molecular flexibility index (Phi) is 4.31. The molecule has 0 spiro atoms. The van der Waals surface area contributed by atoms with Gasteiger partial charge in [-0.3, -0.25) is 9.69 Å². The van der Waals surface area contributed by atoms with Crippen LogP contribution >= 0.6 is 11.3 Å². The lowest BCUT2D eigenvalue weighted by Crippen LogP contribution is -2.46. The van der Waals surface area contributed by atoms with Gasteiger partial charge in [-0.2, -0.15) is 0 Å².